The molecule has 0 bridgehead atoms. The van der Waals surface area contributed by atoms with Crippen molar-refractivity contribution >= 4 is 34.8 Å². The van der Waals surface area contributed by atoms with E-state index in [1.54, 1.807) is 0 Å². The number of hydroxylamine groups is 1. The molecule has 13 heteroatoms. The van der Waals surface area contributed by atoms with E-state index in [9.17, 15) is 22.4 Å². The molecule has 0 amide bonds. The summed E-state index contributed by atoms with van der Waals surface area (Å²) in [5.41, 5.74) is 4.11. The first-order chi connectivity index (χ1) is 15.7. The van der Waals surface area contributed by atoms with E-state index < -0.39 is 23.8 Å². The molecule has 1 N–H and O–H groups in total. The number of hydrogen-bond acceptors (Lipinski definition) is 7. The van der Waals surface area contributed by atoms with Gasteiger partial charge in [-0.2, -0.15) is 18.7 Å². The van der Waals surface area contributed by atoms with Crippen LogP contribution in [0.4, 0.5) is 28.9 Å². The molecule has 0 aliphatic carbocycles. The second-order valence-electron chi connectivity index (χ2n) is 6.91. The zero-order chi connectivity index (χ0) is 23.6. The highest BCUT2D eigenvalue weighted by molar-refractivity contribution is 6.31. The van der Waals surface area contributed by atoms with Crippen LogP contribution < -0.4 is 10.4 Å². The van der Waals surface area contributed by atoms with Crippen LogP contribution in [-0.2, 0) is 22.6 Å². The van der Waals surface area contributed by atoms with Crippen molar-refractivity contribution in [1.29, 1.82) is 0 Å². The number of nitrogens with one attached hydrogen (secondary N) is 1. The summed E-state index contributed by atoms with van der Waals surface area (Å²) in [7, 11) is 0. The number of halogens is 5. The second kappa shape index (κ2) is 9.06. The van der Waals surface area contributed by atoms with Crippen LogP contribution in [0.5, 0.6) is 0 Å². The third-order valence-corrected chi connectivity index (χ3v) is 5.01. The average molecular weight is 484 g/mol. The summed E-state index contributed by atoms with van der Waals surface area (Å²) in [5.74, 6) is -3.64. The van der Waals surface area contributed by atoms with Crippen LogP contribution in [0.1, 0.15) is 17.0 Å². The molecule has 1 aliphatic heterocycles. The Morgan fingerprint density at radius 3 is 2.79 bits per heavy atom. The zero-order valence-corrected chi connectivity index (χ0v) is 17.3. The number of para-hydroxylation sites is 1. The summed E-state index contributed by atoms with van der Waals surface area (Å²) >= 11 is 5.75. The van der Waals surface area contributed by atoms with Gasteiger partial charge in [0, 0.05) is 12.2 Å². The first-order valence-electron chi connectivity index (χ1n) is 9.45. The molecule has 8 nitrogen and oxygen atoms in total. The summed E-state index contributed by atoms with van der Waals surface area (Å²) in [6.07, 6.45) is -4.45. The fraction of sp³-hybridized carbons (Fsp3) is 0.200. The van der Waals surface area contributed by atoms with E-state index in [0.29, 0.717) is 6.54 Å². The third-order valence-electron chi connectivity index (χ3n) is 4.72. The zero-order valence-electron chi connectivity index (χ0n) is 16.6. The van der Waals surface area contributed by atoms with Crippen LogP contribution in [0.3, 0.4) is 0 Å². The number of rotatable bonds is 4. The van der Waals surface area contributed by atoms with E-state index in [2.05, 4.69) is 20.1 Å². The number of alkyl halides is 3. The number of nitrogens with zero attached hydrogens (tertiary/aromatic N) is 4. The quantitative estimate of drug-likeness (QED) is 0.258. The lowest BCUT2D eigenvalue weighted by molar-refractivity contribution is -0.203. The van der Waals surface area contributed by atoms with Crippen molar-refractivity contribution in [2.24, 2.45) is 4.99 Å². The maximum absolute atomic E-state index is 13.5. The SMILES string of the molecule is O=C(ONC(=Nc1ccc(F)c(Cl)c1)c1nonc1CN1CCc2ccccc21)C(F)(F)F. The number of carbonyl (C=O) groups excluding carboxylic acids is 1. The number of anilines is 1. The third kappa shape index (κ3) is 5.06. The largest absolute Gasteiger partial charge is 0.493 e. The normalized spacial score (nSPS) is 13.7. The Morgan fingerprint density at radius 1 is 1.24 bits per heavy atom. The molecule has 0 unspecified atom stereocenters. The predicted octanol–water partition coefficient (Wildman–Crippen LogP) is 4.11. The Morgan fingerprint density at radius 2 is 2.03 bits per heavy atom. The molecule has 4 rings (SSSR count). The van der Waals surface area contributed by atoms with E-state index in [1.165, 1.54) is 6.07 Å². The highest BCUT2D eigenvalue weighted by Gasteiger charge is 2.42. The lowest BCUT2D eigenvalue weighted by Crippen LogP contribution is -2.35. The fourth-order valence-electron chi connectivity index (χ4n) is 3.20. The molecular formula is C20H14ClF4N5O3. The van der Waals surface area contributed by atoms with Gasteiger partial charge in [-0.3, -0.25) is 0 Å². The van der Waals surface area contributed by atoms with Gasteiger partial charge in [0.15, 0.2) is 11.5 Å². The number of aliphatic imine (C=N–C) groups is 1. The van der Waals surface area contributed by atoms with Crippen LogP contribution in [0.2, 0.25) is 5.02 Å². The number of aromatic nitrogens is 2. The van der Waals surface area contributed by atoms with E-state index in [1.807, 2.05) is 34.6 Å². The Balaban J connectivity index is 1.65. The van der Waals surface area contributed by atoms with Crippen LogP contribution in [0.15, 0.2) is 52.1 Å². The van der Waals surface area contributed by atoms with Gasteiger partial charge in [0.1, 0.15) is 11.5 Å². The molecule has 2 aromatic carbocycles. The number of benzene rings is 2. The maximum atomic E-state index is 13.5. The van der Waals surface area contributed by atoms with Crippen molar-refractivity contribution in [3.8, 4) is 0 Å². The standard InChI is InChI=1S/C20H14ClF4N5O3/c21-13-9-12(5-6-14(13)22)26-18(29-32-19(31)20(23,24)25)17-15(27-33-28-17)10-30-8-7-11-3-1-2-4-16(11)30/h1-6,9H,7-8,10H2,(H,26,29). The minimum atomic E-state index is -5.25. The first kappa shape index (κ1) is 22.5. The van der Waals surface area contributed by atoms with Crippen molar-refractivity contribution in [2.75, 3.05) is 11.4 Å². The molecule has 2 heterocycles. The predicted molar refractivity (Wildman–Crippen MR) is 108 cm³/mol. The summed E-state index contributed by atoms with van der Waals surface area (Å²) in [6, 6.07) is 11.1. The minimum Gasteiger partial charge on any atom is -0.365 e. The monoisotopic (exact) mass is 483 g/mol. The minimum absolute atomic E-state index is 0.0485. The summed E-state index contributed by atoms with van der Waals surface area (Å²) in [5, 5.41) is 7.26. The van der Waals surface area contributed by atoms with Gasteiger partial charge in [-0.1, -0.05) is 35.0 Å². The van der Waals surface area contributed by atoms with E-state index in [4.69, 9.17) is 16.2 Å². The molecule has 172 valence electrons. The van der Waals surface area contributed by atoms with Gasteiger partial charge in [-0.25, -0.2) is 18.8 Å². The van der Waals surface area contributed by atoms with Crippen molar-refractivity contribution in [2.45, 2.75) is 19.1 Å². The highest BCUT2D eigenvalue weighted by Crippen LogP contribution is 2.29. The number of carbonyl (C=O) groups is 1. The van der Waals surface area contributed by atoms with Crippen molar-refractivity contribution in [3.05, 3.63) is 70.3 Å². The van der Waals surface area contributed by atoms with Gasteiger partial charge in [0.25, 0.3) is 0 Å². The first-order valence-corrected chi connectivity index (χ1v) is 9.82. The molecule has 0 atom stereocenters. The van der Waals surface area contributed by atoms with Crippen LogP contribution in [-0.4, -0.2) is 34.8 Å². The Bertz CT molecular complexity index is 1210. The lowest BCUT2D eigenvalue weighted by Gasteiger charge is -2.18. The summed E-state index contributed by atoms with van der Waals surface area (Å²) in [4.78, 5) is 21.4. The van der Waals surface area contributed by atoms with E-state index in [-0.39, 0.29) is 28.6 Å². The molecule has 0 fully saturated rings. The summed E-state index contributed by atoms with van der Waals surface area (Å²) < 4.78 is 56.0. The molecule has 1 aromatic heterocycles. The Kier molecular flexibility index (Phi) is 6.18. The van der Waals surface area contributed by atoms with Gasteiger partial charge in [-0.15, -0.1) is 0 Å². The highest BCUT2D eigenvalue weighted by atomic mass is 35.5. The lowest BCUT2D eigenvalue weighted by atomic mass is 10.2. The topological polar surface area (TPSA) is 92.8 Å². The van der Waals surface area contributed by atoms with Gasteiger partial charge >= 0.3 is 12.1 Å². The Hall–Kier alpha value is -3.67. The van der Waals surface area contributed by atoms with Crippen molar-refractivity contribution < 1.29 is 31.8 Å². The second-order valence-corrected chi connectivity index (χ2v) is 7.32. The summed E-state index contributed by atoms with van der Waals surface area (Å²) in [6.45, 7) is 0.857. The molecule has 1 aliphatic rings. The molecule has 0 saturated heterocycles. The maximum Gasteiger partial charge on any atom is 0.493 e. The molecule has 0 radical (unpaired) electrons. The molecular weight excluding hydrogens is 470 g/mol. The number of fused-ring (bicyclic) bond motifs is 1. The number of amidine groups is 1. The van der Waals surface area contributed by atoms with Crippen LogP contribution in [0.25, 0.3) is 0 Å². The smallest absolute Gasteiger partial charge is 0.365 e. The van der Waals surface area contributed by atoms with Gasteiger partial charge in [-0.05, 0) is 41.4 Å². The van der Waals surface area contributed by atoms with E-state index in [0.717, 1.165) is 29.8 Å². The molecule has 0 saturated carbocycles. The fourth-order valence-corrected chi connectivity index (χ4v) is 3.38. The Labute approximate surface area is 188 Å². The molecule has 33 heavy (non-hydrogen) atoms. The molecule has 0 spiro atoms. The van der Waals surface area contributed by atoms with Crippen molar-refractivity contribution in [3.63, 3.8) is 0 Å². The number of hydrogen-bond donors (Lipinski definition) is 1. The van der Waals surface area contributed by atoms with Gasteiger partial charge < -0.3 is 9.74 Å². The van der Waals surface area contributed by atoms with Crippen LogP contribution >= 0.6 is 11.6 Å². The van der Waals surface area contributed by atoms with Crippen LogP contribution in [0, 0.1) is 5.82 Å². The van der Waals surface area contributed by atoms with Crippen molar-refractivity contribution in [1.82, 2.24) is 15.8 Å². The molecule has 3 aromatic rings. The average Bonchev–Trinajstić information content (AvgIpc) is 3.40. The van der Waals surface area contributed by atoms with Gasteiger partial charge in [0.2, 0.25) is 0 Å². The van der Waals surface area contributed by atoms with Gasteiger partial charge in [0.05, 0.1) is 17.3 Å². The van der Waals surface area contributed by atoms with E-state index >= 15 is 0 Å².